The second-order valence-electron chi connectivity index (χ2n) is 11.3. The number of hydrogen-bond donors (Lipinski definition) is 1. The van der Waals surface area contributed by atoms with Gasteiger partial charge in [-0.1, -0.05) is 29.3 Å². The van der Waals surface area contributed by atoms with Crippen LogP contribution in [-0.4, -0.2) is 80.1 Å². The van der Waals surface area contributed by atoms with Crippen molar-refractivity contribution in [3.8, 4) is 5.75 Å². The van der Waals surface area contributed by atoms with Crippen molar-refractivity contribution in [2.75, 3.05) is 46.9 Å². The summed E-state index contributed by atoms with van der Waals surface area (Å²) in [6.07, 6.45) is 1.88. The molecule has 2 aromatic rings. The molecule has 0 aromatic heterocycles. The number of ether oxygens (including phenoxy) is 2. The highest BCUT2D eigenvalue weighted by atomic mass is 35.5. The second kappa shape index (κ2) is 11.9. The van der Waals surface area contributed by atoms with Crippen LogP contribution >= 0.6 is 23.2 Å². The molecule has 0 bridgehead atoms. The molecule has 2 aliphatic heterocycles. The molecule has 2 amide bonds. The average molecular weight is 607 g/mol. The maximum Gasteiger partial charge on any atom is 0.415 e. The number of Topliss-reactive ketones (excluding diaryl/α,β-unsaturated/α-hetero) is 1. The number of carbonyl (C=O) groups excluding carboxylic acids is 3. The fourth-order valence-corrected chi connectivity index (χ4v) is 6.62. The lowest BCUT2D eigenvalue weighted by Gasteiger charge is -2.44. The van der Waals surface area contributed by atoms with Crippen LogP contribution in [-0.2, 0) is 14.3 Å². The number of ketones is 1. The fourth-order valence-electron chi connectivity index (χ4n) is 6.31. The zero-order chi connectivity index (χ0) is 29.4. The molecule has 3 fully saturated rings. The number of piperidine rings is 1. The molecule has 41 heavy (non-hydrogen) atoms. The maximum atomic E-state index is 14.6. The van der Waals surface area contributed by atoms with Crippen LogP contribution in [0, 0.1) is 17.2 Å². The van der Waals surface area contributed by atoms with E-state index in [4.69, 9.17) is 32.7 Å². The number of likely N-dealkylation sites (tertiary alicyclic amines) is 1. The highest BCUT2D eigenvalue weighted by molar-refractivity contribution is 6.42. The lowest BCUT2D eigenvalue weighted by atomic mass is 9.72. The van der Waals surface area contributed by atoms with Gasteiger partial charge >= 0.3 is 6.09 Å². The Hall–Kier alpha value is -2.72. The van der Waals surface area contributed by atoms with Gasteiger partial charge in [-0.3, -0.25) is 14.5 Å². The Morgan fingerprint density at radius 3 is 2.37 bits per heavy atom. The summed E-state index contributed by atoms with van der Waals surface area (Å²) >= 11 is 12.6. The molecule has 1 aliphatic carbocycles. The molecule has 1 N–H and O–H groups in total. The maximum absolute atomic E-state index is 14.6. The SMILES string of the molecule is COCC1(C(=O)N2CCC(C(=O)[C@@]3(N(C)C(=O)Oc4ccc(F)cc4)CNC[C@H]3c3ccc(Cl)c(Cl)c3)CC2)CC1. The molecule has 1 saturated carbocycles. The zero-order valence-electron chi connectivity index (χ0n) is 23.1. The molecule has 0 spiro atoms. The average Bonchev–Trinajstić information content (AvgIpc) is 3.63. The Morgan fingerprint density at radius 1 is 1.07 bits per heavy atom. The van der Waals surface area contributed by atoms with E-state index >= 15 is 0 Å². The highest BCUT2D eigenvalue weighted by Crippen LogP contribution is 2.48. The van der Waals surface area contributed by atoms with Crippen LogP contribution in [0.1, 0.15) is 37.2 Å². The summed E-state index contributed by atoms with van der Waals surface area (Å²) in [6, 6.07) is 10.4. The van der Waals surface area contributed by atoms with Gasteiger partial charge < -0.3 is 19.7 Å². The van der Waals surface area contributed by atoms with Crippen LogP contribution in [0.4, 0.5) is 9.18 Å². The molecule has 0 radical (unpaired) electrons. The van der Waals surface area contributed by atoms with Gasteiger partial charge in [0.25, 0.3) is 0 Å². The van der Waals surface area contributed by atoms with Gasteiger partial charge in [-0.05, 0) is 67.6 Å². The molecule has 2 saturated heterocycles. The third kappa shape index (κ3) is 5.69. The van der Waals surface area contributed by atoms with Crippen molar-refractivity contribution in [1.82, 2.24) is 15.1 Å². The molecule has 11 heteroatoms. The van der Waals surface area contributed by atoms with Gasteiger partial charge in [0, 0.05) is 52.2 Å². The number of methoxy groups -OCH3 is 1. The van der Waals surface area contributed by atoms with Crippen molar-refractivity contribution >= 4 is 41.0 Å². The molecule has 2 heterocycles. The number of nitrogens with zero attached hydrogens (tertiary/aromatic N) is 2. The minimum atomic E-state index is -1.29. The predicted octanol–water partition coefficient (Wildman–Crippen LogP) is 4.92. The van der Waals surface area contributed by atoms with Crippen LogP contribution in [0.2, 0.25) is 10.0 Å². The number of benzene rings is 2. The molecule has 8 nitrogen and oxygen atoms in total. The van der Waals surface area contributed by atoms with E-state index < -0.39 is 28.8 Å². The van der Waals surface area contributed by atoms with Crippen molar-refractivity contribution in [2.24, 2.45) is 11.3 Å². The van der Waals surface area contributed by atoms with Crippen molar-refractivity contribution < 1.29 is 28.2 Å². The largest absolute Gasteiger partial charge is 0.415 e. The molecule has 5 rings (SSSR count). The summed E-state index contributed by atoms with van der Waals surface area (Å²) in [7, 11) is 3.16. The standard InChI is InChI=1S/C30H34Cl2FN3O5/c1-35(28(39)41-22-6-4-21(33)5-7-22)30(17-34-16-23(30)20-3-8-24(31)25(32)15-20)26(37)19-9-13-36(14-10-19)27(38)29(11-12-29)18-40-2/h3-8,15,19,23,34H,9-14,16-18H2,1-2H3/t23-,30+/m0/s1. The number of likely N-dealkylation sites (N-methyl/N-ethyl adjacent to an activating group) is 1. The molecule has 2 atom stereocenters. The van der Waals surface area contributed by atoms with Crippen molar-refractivity contribution in [3.63, 3.8) is 0 Å². The van der Waals surface area contributed by atoms with Crippen LogP contribution < -0.4 is 10.1 Å². The third-order valence-corrected chi connectivity index (χ3v) is 9.60. The van der Waals surface area contributed by atoms with Crippen LogP contribution in [0.3, 0.4) is 0 Å². The Kier molecular flexibility index (Phi) is 8.62. The van der Waals surface area contributed by atoms with Gasteiger partial charge in [0.1, 0.15) is 17.1 Å². The summed E-state index contributed by atoms with van der Waals surface area (Å²) in [5, 5.41) is 4.06. The van der Waals surface area contributed by atoms with E-state index in [0.717, 1.165) is 18.4 Å². The van der Waals surface area contributed by atoms with Crippen LogP contribution in [0.15, 0.2) is 42.5 Å². The second-order valence-corrected chi connectivity index (χ2v) is 12.1. The lowest BCUT2D eigenvalue weighted by molar-refractivity contribution is -0.143. The summed E-state index contributed by atoms with van der Waals surface area (Å²) < 4.78 is 24.3. The summed E-state index contributed by atoms with van der Waals surface area (Å²) in [5.74, 6) is -1.10. The number of rotatable bonds is 8. The molecule has 220 valence electrons. The first-order valence-electron chi connectivity index (χ1n) is 13.8. The number of nitrogens with one attached hydrogen (secondary N) is 1. The van der Waals surface area contributed by atoms with Crippen LogP contribution in [0.5, 0.6) is 5.75 Å². The minimum Gasteiger partial charge on any atom is -0.410 e. The van der Waals surface area contributed by atoms with E-state index in [9.17, 15) is 18.8 Å². The minimum absolute atomic E-state index is 0.0937. The predicted molar refractivity (Wildman–Crippen MR) is 153 cm³/mol. The monoisotopic (exact) mass is 605 g/mol. The van der Waals surface area contributed by atoms with Gasteiger partial charge in [-0.15, -0.1) is 0 Å². The molecule has 2 aromatic carbocycles. The van der Waals surface area contributed by atoms with Gasteiger partial charge in [0.05, 0.1) is 22.1 Å². The molecule has 3 aliphatic rings. The smallest absolute Gasteiger partial charge is 0.410 e. The van der Waals surface area contributed by atoms with E-state index in [1.54, 1.807) is 26.3 Å². The van der Waals surface area contributed by atoms with E-state index in [1.807, 2.05) is 11.0 Å². The molecule has 0 unspecified atom stereocenters. The highest BCUT2D eigenvalue weighted by Gasteiger charge is 2.57. The Bertz CT molecular complexity index is 1310. The van der Waals surface area contributed by atoms with E-state index in [-0.39, 0.29) is 29.9 Å². The van der Waals surface area contributed by atoms with Crippen molar-refractivity contribution in [3.05, 3.63) is 63.9 Å². The van der Waals surface area contributed by atoms with Gasteiger partial charge in [0.15, 0.2) is 5.78 Å². The number of halogens is 3. The summed E-state index contributed by atoms with van der Waals surface area (Å²) in [6.45, 7) is 1.97. The van der Waals surface area contributed by atoms with E-state index in [0.29, 0.717) is 49.1 Å². The lowest BCUT2D eigenvalue weighted by Crippen LogP contribution is -2.62. The third-order valence-electron chi connectivity index (χ3n) is 8.86. The number of hydrogen-bond acceptors (Lipinski definition) is 6. The normalized spacial score (nSPS) is 23.7. The number of carbonyl (C=O) groups is 3. The van der Waals surface area contributed by atoms with Crippen molar-refractivity contribution in [2.45, 2.75) is 37.1 Å². The summed E-state index contributed by atoms with van der Waals surface area (Å²) in [4.78, 5) is 44.5. The first-order chi connectivity index (χ1) is 19.6. The Morgan fingerprint density at radius 2 is 1.76 bits per heavy atom. The molecular weight excluding hydrogens is 572 g/mol. The number of amides is 2. The Labute approximate surface area is 249 Å². The van der Waals surface area contributed by atoms with Crippen molar-refractivity contribution in [1.29, 1.82) is 0 Å². The quantitative estimate of drug-likeness (QED) is 0.459. The fraction of sp³-hybridized carbons (Fsp3) is 0.500. The first kappa shape index (κ1) is 29.8. The molecular formula is C30H34Cl2FN3O5. The zero-order valence-corrected chi connectivity index (χ0v) is 24.6. The topological polar surface area (TPSA) is 88.2 Å². The van der Waals surface area contributed by atoms with E-state index in [2.05, 4.69) is 5.32 Å². The first-order valence-corrected chi connectivity index (χ1v) is 14.6. The van der Waals surface area contributed by atoms with Gasteiger partial charge in [0.2, 0.25) is 5.91 Å². The van der Waals surface area contributed by atoms with Gasteiger partial charge in [-0.25, -0.2) is 9.18 Å². The van der Waals surface area contributed by atoms with Gasteiger partial charge in [-0.2, -0.15) is 0 Å². The summed E-state index contributed by atoms with van der Waals surface area (Å²) in [5.41, 5.74) is -0.952. The Balaban J connectivity index is 1.41. The van der Waals surface area contributed by atoms with Crippen LogP contribution in [0.25, 0.3) is 0 Å². The van der Waals surface area contributed by atoms with E-state index in [1.165, 1.54) is 29.2 Å².